The van der Waals surface area contributed by atoms with E-state index in [4.69, 9.17) is 4.89 Å². The minimum atomic E-state index is -3.17. The summed E-state index contributed by atoms with van der Waals surface area (Å²) in [5.74, 6) is 0. The molecular formula is C16H40N2O2PSn. The van der Waals surface area contributed by atoms with Crippen molar-refractivity contribution in [2.45, 2.75) is 72.6 Å². The van der Waals surface area contributed by atoms with Crippen molar-refractivity contribution in [3.05, 3.63) is 0 Å². The zero-order valence-corrected chi connectivity index (χ0v) is 19.8. The van der Waals surface area contributed by atoms with Crippen LogP contribution in [0.2, 0.25) is 13.3 Å². The Morgan fingerprint density at radius 3 is 1.18 bits per heavy atom. The van der Waals surface area contributed by atoms with E-state index in [9.17, 15) is 4.57 Å². The SMILES string of the molecule is CCC[CH2][Sn]([CH2]CCC)[CH2]CCC.CN(C)P(=O)(O)N(C)C. The molecule has 0 atom stereocenters. The van der Waals surface area contributed by atoms with Gasteiger partial charge in [-0.1, -0.05) is 0 Å². The fourth-order valence-corrected chi connectivity index (χ4v) is 12.2. The second-order valence-corrected chi connectivity index (χ2v) is 17.5. The van der Waals surface area contributed by atoms with Gasteiger partial charge < -0.3 is 4.89 Å². The van der Waals surface area contributed by atoms with Crippen molar-refractivity contribution in [1.29, 1.82) is 0 Å². The number of nitrogens with zero attached hydrogens (tertiary/aromatic N) is 2. The van der Waals surface area contributed by atoms with Crippen LogP contribution in [0.4, 0.5) is 0 Å². The second-order valence-electron chi connectivity index (χ2n) is 6.27. The van der Waals surface area contributed by atoms with Crippen molar-refractivity contribution in [2.24, 2.45) is 0 Å². The van der Waals surface area contributed by atoms with E-state index in [1.807, 2.05) is 0 Å². The molecule has 0 aromatic heterocycles. The summed E-state index contributed by atoms with van der Waals surface area (Å²) >= 11 is -0.839. The Morgan fingerprint density at radius 1 is 0.773 bits per heavy atom. The first-order valence-electron chi connectivity index (χ1n) is 8.75. The van der Waals surface area contributed by atoms with Crippen LogP contribution in [0.1, 0.15) is 59.3 Å². The van der Waals surface area contributed by atoms with Crippen LogP contribution in [-0.2, 0) is 4.57 Å². The van der Waals surface area contributed by atoms with Gasteiger partial charge in [0.1, 0.15) is 0 Å². The molecular weight excluding hydrogens is 402 g/mol. The zero-order valence-electron chi connectivity index (χ0n) is 16.1. The van der Waals surface area contributed by atoms with E-state index in [2.05, 4.69) is 20.8 Å². The van der Waals surface area contributed by atoms with Gasteiger partial charge >= 0.3 is 100 Å². The van der Waals surface area contributed by atoms with E-state index >= 15 is 0 Å². The summed E-state index contributed by atoms with van der Waals surface area (Å²) in [6.45, 7) is 7.00. The second kappa shape index (κ2) is 15.4. The van der Waals surface area contributed by atoms with Gasteiger partial charge in [0.2, 0.25) is 0 Å². The van der Waals surface area contributed by atoms with E-state index in [-0.39, 0.29) is 0 Å². The predicted molar refractivity (Wildman–Crippen MR) is 102 cm³/mol. The molecule has 1 radical (unpaired) electrons. The molecule has 0 aliphatic carbocycles. The molecule has 0 unspecified atom stereocenters. The van der Waals surface area contributed by atoms with Gasteiger partial charge in [-0.05, 0) is 28.2 Å². The zero-order chi connectivity index (χ0) is 17.6. The quantitative estimate of drug-likeness (QED) is 0.358. The minimum absolute atomic E-state index is 0.839. The third-order valence-electron chi connectivity index (χ3n) is 3.69. The van der Waals surface area contributed by atoms with Crippen molar-refractivity contribution in [3.63, 3.8) is 0 Å². The van der Waals surface area contributed by atoms with Crippen LogP contribution in [0.25, 0.3) is 0 Å². The van der Waals surface area contributed by atoms with Crippen LogP contribution in [0.3, 0.4) is 0 Å². The van der Waals surface area contributed by atoms with Gasteiger partial charge in [-0.15, -0.1) is 0 Å². The third kappa shape index (κ3) is 13.4. The van der Waals surface area contributed by atoms with Gasteiger partial charge in [0.15, 0.2) is 0 Å². The molecule has 1 N–H and O–H groups in total. The Balaban J connectivity index is 0. The molecule has 0 saturated heterocycles. The van der Waals surface area contributed by atoms with Crippen LogP contribution in [-0.4, -0.2) is 62.2 Å². The van der Waals surface area contributed by atoms with Crippen molar-refractivity contribution >= 4 is 27.4 Å². The van der Waals surface area contributed by atoms with Gasteiger partial charge in [0.25, 0.3) is 0 Å². The van der Waals surface area contributed by atoms with Crippen LogP contribution in [0.5, 0.6) is 0 Å². The summed E-state index contributed by atoms with van der Waals surface area (Å²) < 4.78 is 18.7. The van der Waals surface area contributed by atoms with Crippen LogP contribution in [0, 0.1) is 0 Å². The molecule has 0 rings (SSSR count). The molecule has 0 heterocycles. The van der Waals surface area contributed by atoms with Gasteiger partial charge in [0.05, 0.1) is 0 Å². The number of unbranched alkanes of at least 4 members (excludes halogenated alkanes) is 3. The van der Waals surface area contributed by atoms with E-state index < -0.39 is 27.4 Å². The van der Waals surface area contributed by atoms with Gasteiger partial charge in [-0.25, -0.2) is 9.34 Å². The summed E-state index contributed by atoms with van der Waals surface area (Å²) in [6, 6.07) is 0. The summed E-state index contributed by atoms with van der Waals surface area (Å²) in [4.78, 5) is 9.08. The fourth-order valence-electron chi connectivity index (χ4n) is 2.01. The molecule has 0 aromatic rings. The Labute approximate surface area is 147 Å². The van der Waals surface area contributed by atoms with Crippen molar-refractivity contribution < 1.29 is 9.46 Å². The summed E-state index contributed by atoms with van der Waals surface area (Å²) in [7, 11) is 3.11. The van der Waals surface area contributed by atoms with Gasteiger partial charge in [-0.3, -0.25) is 4.57 Å². The van der Waals surface area contributed by atoms with Gasteiger partial charge in [0, 0.05) is 0 Å². The van der Waals surface area contributed by atoms with Gasteiger partial charge in [-0.2, -0.15) is 0 Å². The predicted octanol–water partition coefficient (Wildman–Crippen LogP) is 5.09. The molecule has 0 bridgehead atoms. The Hall–Kier alpha value is 0.909. The molecule has 135 valence electrons. The molecule has 0 aromatic carbocycles. The van der Waals surface area contributed by atoms with E-state index in [0.717, 1.165) is 0 Å². The molecule has 0 fully saturated rings. The summed E-state index contributed by atoms with van der Waals surface area (Å²) in [5.41, 5.74) is 0. The first-order chi connectivity index (χ1) is 10.2. The standard InChI is InChI=1S/C4H13N2O2P.3C4H9.Sn/c1-5(2)9(7,8)6(3)4;3*1-3-4-2;/h1-4H3,(H,7,8);3*1,3-4H2,2H3;. The minimum Gasteiger partial charge on any atom is -0.322 e. The Bertz CT molecular complexity index is 258. The molecule has 0 aliphatic heterocycles. The largest absolute Gasteiger partial charge is 0.342 e. The molecule has 0 aliphatic rings. The van der Waals surface area contributed by atoms with Crippen molar-refractivity contribution in [1.82, 2.24) is 9.34 Å². The Morgan fingerprint density at radius 2 is 1.05 bits per heavy atom. The van der Waals surface area contributed by atoms with Crippen LogP contribution in [0.15, 0.2) is 0 Å². The molecule has 6 heteroatoms. The third-order valence-corrected chi connectivity index (χ3v) is 14.9. The van der Waals surface area contributed by atoms with Crippen molar-refractivity contribution in [2.75, 3.05) is 28.2 Å². The topological polar surface area (TPSA) is 43.8 Å². The van der Waals surface area contributed by atoms with E-state index in [1.54, 1.807) is 41.5 Å². The Kier molecular flexibility index (Phi) is 17.6. The first kappa shape index (κ1) is 25.2. The monoisotopic (exact) mass is 443 g/mol. The molecule has 0 amide bonds. The van der Waals surface area contributed by atoms with Crippen LogP contribution >= 0.6 is 7.67 Å². The molecule has 0 spiro atoms. The first-order valence-corrected chi connectivity index (χ1v) is 16.4. The average Bonchev–Trinajstić information content (AvgIpc) is 2.46. The number of hydrogen-bond acceptors (Lipinski definition) is 1. The summed E-state index contributed by atoms with van der Waals surface area (Å²) in [6.07, 6.45) is 8.85. The maximum atomic E-state index is 11.0. The van der Waals surface area contributed by atoms with Crippen molar-refractivity contribution in [3.8, 4) is 0 Å². The average molecular weight is 442 g/mol. The molecule has 22 heavy (non-hydrogen) atoms. The maximum Gasteiger partial charge on any atom is 0.342 e. The molecule has 4 nitrogen and oxygen atoms in total. The number of rotatable bonds is 11. The van der Waals surface area contributed by atoms with E-state index in [0.29, 0.717) is 0 Å². The number of hydrogen-bond donors (Lipinski definition) is 1. The van der Waals surface area contributed by atoms with E-state index in [1.165, 1.54) is 47.9 Å². The fraction of sp³-hybridized carbons (Fsp3) is 1.00. The maximum absolute atomic E-state index is 11.0. The van der Waals surface area contributed by atoms with Crippen LogP contribution < -0.4 is 0 Å². The summed E-state index contributed by atoms with van der Waals surface area (Å²) in [5, 5.41) is 0. The smallest absolute Gasteiger partial charge is 0.322 e. The molecule has 0 saturated carbocycles. The normalized spacial score (nSPS) is 12.0.